The number of aryl methyl sites for hydroxylation is 1. The number of hydrogen-bond acceptors (Lipinski definition) is 5. The van der Waals surface area contributed by atoms with E-state index in [-0.39, 0.29) is 9.56 Å². The summed E-state index contributed by atoms with van der Waals surface area (Å²) in [6.07, 6.45) is 1.42. The van der Waals surface area contributed by atoms with Crippen LogP contribution in [0.3, 0.4) is 0 Å². The highest BCUT2D eigenvalue weighted by Gasteiger charge is 2.29. The van der Waals surface area contributed by atoms with Gasteiger partial charge in [0.2, 0.25) is 10.0 Å². The fourth-order valence-electron chi connectivity index (χ4n) is 2.94. The Morgan fingerprint density at radius 1 is 1.11 bits per heavy atom. The third kappa shape index (κ3) is 4.22. The number of halogens is 1. The fraction of sp³-hybridized carbons (Fsp3) is 0.294. The van der Waals surface area contributed by atoms with Gasteiger partial charge < -0.3 is 4.74 Å². The zero-order chi connectivity index (χ0) is 19.7. The van der Waals surface area contributed by atoms with E-state index in [9.17, 15) is 16.8 Å². The molecule has 0 fully saturated rings. The zero-order valence-corrected chi connectivity index (χ0v) is 17.8. The molecule has 0 radical (unpaired) electrons. The molecule has 0 aliphatic carbocycles. The maximum Gasteiger partial charge on any atom is 0.264 e. The summed E-state index contributed by atoms with van der Waals surface area (Å²) in [4.78, 5) is 0.155. The van der Waals surface area contributed by atoms with Crippen LogP contribution in [0.15, 0.2) is 47.4 Å². The highest BCUT2D eigenvalue weighted by Crippen LogP contribution is 2.34. The van der Waals surface area contributed by atoms with Gasteiger partial charge in [-0.3, -0.25) is 9.03 Å². The number of nitrogens with zero attached hydrogens (tertiary/aromatic N) is 1. The summed E-state index contributed by atoms with van der Waals surface area (Å²) in [5, 5.41) is 0. The Morgan fingerprint density at radius 2 is 1.81 bits per heavy atom. The van der Waals surface area contributed by atoms with Gasteiger partial charge in [0.15, 0.2) is 0 Å². The largest absolute Gasteiger partial charge is 0.497 e. The predicted octanol–water partition coefficient (Wildman–Crippen LogP) is 2.93. The Bertz CT molecular complexity index is 1040. The van der Waals surface area contributed by atoms with E-state index in [4.69, 9.17) is 4.74 Å². The molecule has 0 spiro atoms. The lowest BCUT2D eigenvalue weighted by Crippen LogP contribution is -2.35. The van der Waals surface area contributed by atoms with Crippen LogP contribution < -0.4 is 13.8 Å². The second kappa shape index (κ2) is 7.69. The standard InChI is InChI=1S/C17H19BrN2O5S2/c1-25-15-6-8-16(9-7-15)27(23,24)20-10-2-3-13-4-5-14(11-17(13)20)19-26(21,22)12-18/h4-9,11,19H,2-3,10,12H2,1H3. The van der Waals surface area contributed by atoms with Crippen molar-refractivity contribution < 1.29 is 21.6 Å². The van der Waals surface area contributed by atoms with Crippen LogP contribution >= 0.6 is 15.9 Å². The van der Waals surface area contributed by atoms with Crippen molar-refractivity contribution in [3.05, 3.63) is 48.0 Å². The SMILES string of the molecule is COc1ccc(S(=O)(=O)N2CCCc3ccc(NS(=O)(=O)CBr)cc32)cc1. The maximum absolute atomic E-state index is 13.1. The van der Waals surface area contributed by atoms with Crippen LogP contribution in [0.1, 0.15) is 12.0 Å². The Kier molecular flexibility index (Phi) is 5.68. The fourth-order valence-corrected chi connectivity index (χ4v) is 5.35. The van der Waals surface area contributed by atoms with E-state index in [1.807, 2.05) is 0 Å². The third-order valence-electron chi connectivity index (χ3n) is 4.23. The second-order valence-corrected chi connectivity index (χ2v) is 10.9. The number of fused-ring (bicyclic) bond motifs is 1. The van der Waals surface area contributed by atoms with Gasteiger partial charge in [-0.2, -0.15) is 0 Å². The minimum atomic E-state index is -3.78. The van der Waals surface area contributed by atoms with Gasteiger partial charge in [0.1, 0.15) is 10.4 Å². The van der Waals surface area contributed by atoms with Gasteiger partial charge in [-0.1, -0.05) is 22.0 Å². The molecule has 1 aliphatic rings. The van der Waals surface area contributed by atoms with Gasteiger partial charge in [0, 0.05) is 6.54 Å². The lowest BCUT2D eigenvalue weighted by Gasteiger charge is -2.31. The number of anilines is 2. The van der Waals surface area contributed by atoms with E-state index in [0.29, 0.717) is 30.1 Å². The van der Waals surface area contributed by atoms with E-state index in [1.165, 1.54) is 23.5 Å². The molecule has 0 saturated heterocycles. The first-order valence-electron chi connectivity index (χ1n) is 8.13. The topological polar surface area (TPSA) is 92.8 Å². The monoisotopic (exact) mass is 474 g/mol. The molecule has 0 saturated carbocycles. The summed E-state index contributed by atoms with van der Waals surface area (Å²) in [5.74, 6) is 0.569. The normalized spacial score (nSPS) is 14.5. The molecule has 7 nitrogen and oxygen atoms in total. The van der Waals surface area contributed by atoms with Crippen molar-refractivity contribution in [1.82, 2.24) is 0 Å². The minimum absolute atomic E-state index is 0.155. The first kappa shape index (κ1) is 20.0. The first-order chi connectivity index (χ1) is 12.8. The Balaban J connectivity index is 2.01. The van der Waals surface area contributed by atoms with Crippen LogP contribution in [0.2, 0.25) is 0 Å². The molecule has 10 heteroatoms. The number of nitrogens with one attached hydrogen (secondary N) is 1. The van der Waals surface area contributed by atoms with E-state index in [1.54, 1.807) is 30.3 Å². The van der Waals surface area contributed by atoms with Gasteiger partial charge >= 0.3 is 0 Å². The number of hydrogen-bond donors (Lipinski definition) is 1. The van der Waals surface area contributed by atoms with Crippen LogP contribution in [0.25, 0.3) is 0 Å². The van der Waals surface area contributed by atoms with Crippen molar-refractivity contribution in [2.45, 2.75) is 17.7 Å². The molecule has 0 atom stereocenters. The van der Waals surface area contributed by atoms with Crippen molar-refractivity contribution in [3.63, 3.8) is 0 Å². The molecule has 1 N–H and O–H groups in total. The zero-order valence-electron chi connectivity index (χ0n) is 14.6. The first-order valence-corrected chi connectivity index (χ1v) is 12.3. The summed E-state index contributed by atoms with van der Waals surface area (Å²) in [6.45, 7) is 0.329. The number of alkyl halides is 1. The molecule has 0 amide bonds. The number of rotatable bonds is 6. The lowest BCUT2D eigenvalue weighted by molar-refractivity contribution is 0.414. The minimum Gasteiger partial charge on any atom is -0.497 e. The molecule has 27 heavy (non-hydrogen) atoms. The van der Waals surface area contributed by atoms with Gasteiger partial charge in [-0.15, -0.1) is 0 Å². The summed E-state index contributed by atoms with van der Waals surface area (Å²) in [7, 11) is -5.79. The van der Waals surface area contributed by atoms with Crippen molar-refractivity contribution in [2.24, 2.45) is 0 Å². The number of methoxy groups -OCH3 is 1. The molecule has 2 aromatic rings. The second-order valence-electron chi connectivity index (χ2n) is 6.03. The molecule has 146 valence electrons. The predicted molar refractivity (Wildman–Crippen MR) is 109 cm³/mol. The Morgan fingerprint density at radius 3 is 2.44 bits per heavy atom. The number of benzene rings is 2. The molecule has 0 unspecified atom stereocenters. The maximum atomic E-state index is 13.1. The molecule has 2 aromatic carbocycles. The molecular formula is C17H19BrN2O5S2. The summed E-state index contributed by atoms with van der Waals surface area (Å²) in [6, 6.07) is 11.2. The van der Waals surface area contributed by atoms with Crippen molar-refractivity contribution in [3.8, 4) is 5.75 Å². The van der Waals surface area contributed by atoms with Crippen LogP contribution in [-0.2, 0) is 26.5 Å². The van der Waals surface area contributed by atoms with Crippen LogP contribution in [-0.4, -0.2) is 35.2 Å². The van der Waals surface area contributed by atoms with E-state index in [2.05, 4.69) is 20.7 Å². The van der Waals surface area contributed by atoms with Crippen molar-refractivity contribution in [2.75, 3.05) is 27.3 Å². The lowest BCUT2D eigenvalue weighted by atomic mass is 10.0. The van der Waals surface area contributed by atoms with Gasteiger partial charge in [-0.05, 0) is 54.8 Å². The summed E-state index contributed by atoms with van der Waals surface area (Å²) < 4.78 is 58.5. The Labute approximate surface area is 167 Å². The van der Waals surface area contributed by atoms with Crippen LogP contribution in [0.5, 0.6) is 5.75 Å². The highest BCUT2D eigenvalue weighted by molar-refractivity contribution is 9.10. The number of sulfonamides is 2. The summed E-state index contributed by atoms with van der Waals surface area (Å²) in [5.41, 5.74) is 1.68. The van der Waals surface area contributed by atoms with E-state index in [0.717, 1.165) is 12.0 Å². The van der Waals surface area contributed by atoms with Crippen LogP contribution in [0.4, 0.5) is 11.4 Å². The van der Waals surface area contributed by atoms with E-state index < -0.39 is 20.0 Å². The van der Waals surface area contributed by atoms with Gasteiger partial charge in [0.05, 0.1) is 23.4 Å². The molecule has 0 aromatic heterocycles. The highest BCUT2D eigenvalue weighted by atomic mass is 79.9. The average Bonchev–Trinajstić information content (AvgIpc) is 2.67. The smallest absolute Gasteiger partial charge is 0.264 e. The molecular weight excluding hydrogens is 456 g/mol. The Hall–Kier alpha value is -1.78. The van der Waals surface area contributed by atoms with E-state index >= 15 is 0 Å². The van der Waals surface area contributed by atoms with Gasteiger partial charge in [0.25, 0.3) is 10.0 Å². The summed E-state index contributed by atoms with van der Waals surface area (Å²) >= 11 is 2.92. The molecule has 0 bridgehead atoms. The van der Waals surface area contributed by atoms with Crippen molar-refractivity contribution >= 4 is 47.4 Å². The molecule has 1 aliphatic heterocycles. The number of ether oxygens (including phenoxy) is 1. The third-order valence-corrected chi connectivity index (χ3v) is 8.70. The quantitative estimate of drug-likeness (QED) is 0.649. The van der Waals surface area contributed by atoms with Crippen LogP contribution in [0, 0.1) is 0 Å². The molecule has 1 heterocycles. The van der Waals surface area contributed by atoms with Crippen molar-refractivity contribution in [1.29, 1.82) is 0 Å². The molecule has 3 rings (SSSR count). The average molecular weight is 475 g/mol. The van der Waals surface area contributed by atoms with Gasteiger partial charge in [-0.25, -0.2) is 16.8 Å².